The van der Waals surface area contributed by atoms with Gasteiger partial charge in [-0.2, -0.15) is 0 Å². The Labute approximate surface area is 214 Å². The van der Waals surface area contributed by atoms with Gasteiger partial charge in [0.2, 0.25) is 0 Å². The number of urea groups is 1. The molecule has 0 aromatic heterocycles. The van der Waals surface area contributed by atoms with Crippen molar-refractivity contribution in [2.45, 2.75) is 65.5 Å². The van der Waals surface area contributed by atoms with Crippen LogP contribution in [-0.2, 0) is 35.5 Å². The SMILES string of the molecule is COC(=O)Cc1c(C)c2c(c(C)c1-c1cc(F)c3c(c1C)CCCO3)CN(C(=O)N1CCC(F)(F)C1)C2. The quantitative estimate of drug-likeness (QED) is 0.524. The third-order valence-corrected chi connectivity index (χ3v) is 8.06. The summed E-state index contributed by atoms with van der Waals surface area (Å²) in [6.45, 7) is 6.20. The molecule has 3 aliphatic rings. The lowest BCUT2D eigenvalue weighted by Gasteiger charge is -2.25. The Bertz CT molecular complexity index is 1310. The molecule has 0 aliphatic carbocycles. The van der Waals surface area contributed by atoms with E-state index in [4.69, 9.17) is 9.47 Å². The van der Waals surface area contributed by atoms with E-state index in [1.54, 1.807) is 4.90 Å². The number of likely N-dealkylation sites (tertiary alicyclic amines) is 1. The molecule has 0 saturated carbocycles. The van der Waals surface area contributed by atoms with Gasteiger partial charge in [0.1, 0.15) is 0 Å². The highest BCUT2D eigenvalue weighted by molar-refractivity contribution is 5.85. The molecular formula is C28H31F3N2O4. The van der Waals surface area contributed by atoms with Crippen molar-refractivity contribution in [1.82, 2.24) is 9.80 Å². The van der Waals surface area contributed by atoms with Crippen molar-refractivity contribution in [1.29, 1.82) is 0 Å². The molecular weight excluding hydrogens is 485 g/mol. The molecule has 198 valence electrons. The van der Waals surface area contributed by atoms with Crippen LogP contribution < -0.4 is 4.74 Å². The average Bonchev–Trinajstić information content (AvgIpc) is 3.48. The average molecular weight is 517 g/mol. The van der Waals surface area contributed by atoms with Gasteiger partial charge in [0.15, 0.2) is 11.6 Å². The van der Waals surface area contributed by atoms with Gasteiger partial charge in [0.25, 0.3) is 5.92 Å². The second kappa shape index (κ2) is 9.26. The number of amides is 2. The number of nitrogens with zero attached hydrogens (tertiary/aromatic N) is 2. The Morgan fingerprint density at radius 1 is 1.05 bits per heavy atom. The van der Waals surface area contributed by atoms with Gasteiger partial charge in [-0.15, -0.1) is 0 Å². The van der Waals surface area contributed by atoms with Crippen molar-refractivity contribution in [3.63, 3.8) is 0 Å². The number of hydrogen-bond acceptors (Lipinski definition) is 4. The van der Waals surface area contributed by atoms with Crippen LogP contribution in [-0.4, -0.2) is 54.5 Å². The highest BCUT2D eigenvalue weighted by Gasteiger charge is 2.43. The van der Waals surface area contributed by atoms with Crippen LogP contribution in [0.3, 0.4) is 0 Å². The van der Waals surface area contributed by atoms with Crippen molar-refractivity contribution in [3.05, 3.63) is 50.8 Å². The monoisotopic (exact) mass is 516 g/mol. The smallest absolute Gasteiger partial charge is 0.320 e. The minimum Gasteiger partial charge on any atom is -0.490 e. The molecule has 2 aromatic carbocycles. The predicted octanol–water partition coefficient (Wildman–Crippen LogP) is 5.24. The van der Waals surface area contributed by atoms with Crippen LogP contribution in [0.4, 0.5) is 18.0 Å². The Balaban J connectivity index is 1.62. The van der Waals surface area contributed by atoms with Gasteiger partial charge in [0.05, 0.1) is 26.7 Å². The maximum Gasteiger partial charge on any atom is 0.320 e. The lowest BCUT2D eigenvalue weighted by Crippen LogP contribution is -2.40. The molecule has 3 heterocycles. The van der Waals surface area contributed by atoms with Crippen molar-refractivity contribution < 1.29 is 32.2 Å². The Morgan fingerprint density at radius 2 is 1.76 bits per heavy atom. The van der Waals surface area contributed by atoms with E-state index in [0.717, 1.165) is 50.9 Å². The first-order chi connectivity index (χ1) is 17.5. The van der Waals surface area contributed by atoms with Crippen molar-refractivity contribution in [3.8, 4) is 16.9 Å². The normalized spacial score (nSPS) is 17.9. The minimum atomic E-state index is -2.87. The van der Waals surface area contributed by atoms with Crippen molar-refractivity contribution in [2.75, 3.05) is 26.8 Å². The molecule has 3 aliphatic heterocycles. The molecule has 0 atom stereocenters. The van der Waals surface area contributed by atoms with E-state index in [2.05, 4.69) is 0 Å². The second-order valence-corrected chi connectivity index (χ2v) is 10.3. The molecule has 0 bridgehead atoms. The highest BCUT2D eigenvalue weighted by atomic mass is 19.3. The highest BCUT2D eigenvalue weighted by Crippen LogP contribution is 2.44. The lowest BCUT2D eigenvalue weighted by atomic mass is 9.81. The molecule has 5 rings (SSSR count). The van der Waals surface area contributed by atoms with Gasteiger partial charge in [-0.1, -0.05) is 0 Å². The second-order valence-electron chi connectivity index (χ2n) is 10.3. The zero-order valence-electron chi connectivity index (χ0n) is 21.6. The van der Waals surface area contributed by atoms with E-state index in [0.29, 0.717) is 18.6 Å². The summed E-state index contributed by atoms with van der Waals surface area (Å²) in [4.78, 5) is 28.4. The third-order valence-electron chi connectivity index (χ3n) is 8.06. The summed E-state index contributed by atoms with van der Waals surface area (Å²) in [6, 6.07) is 1.05. The first-order valence-electron chi connectivity index (χ1n) is 12.6. The summed E-state index contributed by atoms with van der Waals surface area (Å²) in [7, 11) is 1.32. The first-order valence-corrected chi connectivity index (χ1v) is 12.6. The summed E-state index contributed by atoms with van der Waals surface area (Å²) in [5, 5.41) is 0. The summed E-state index contributed by atoms with van der Waals surface area (Å²) in [6.07, 6.45) is 1.15. The van der Waals surface area contributed by atoms with Crippen LogP contribution in [0.2, 0.25) is 0 Å². The molecule has 1 saturated heterocycles. The van der Waals surface area contributed by atoms with Gasteiger partial charge in [-0.05, 0) is 84.2 Å². The zero-order chi connectivity index (χ0) is 26.6. The van der Waals surface area contributed by atoms with Crippen LogP contribution in [0.5, 0.6) is 5.75 Å². The topological polar surface area (TPSA) is 59.1 Å². The van der Waals surface area contributed by atoms with E-state index < -0.39 is 30.3 Å². The summed E-state index contributed by atoms with van der Waals surface area (Å²) in [5.74, 6) is -3.44. The lowest BCUT2D eigenvalue weighted by molar-refractivity contribution is -0.139. The van der Waals surface area contributed by atoms with E-state index >= 15 is 4.39 Å². The summed E-state index contributed by atoms with van der Waals surface area (Å²) < 4.78 is 53.4. The number of halogens is 3. The number of rotatable bonds is 3. The molecule has 37 heavy (non-hydrogen) atoms. The van der Waals surface area contributed by atoms with Crippen LogP contribution >= 0.6 is 0 Å². The molecule has 9 heteroatoms. The number of fused-ring (bicyclic) bond motifs is 2. The largest absolute Gasteiger partial charge is 0.490 e. The van der Waals surface area contributed by atoms with Crippen LogP contribution in [0, 0.1) is 26.6 Å². The molecule has 1 fully saturated rings. The first kappa shape index (κ1) is 25.4. The van der Waals surface area contributed by atoms with Gasteiger partial charge in [-0.3, -0.25) is 4.79 Å². The number of alkyl halides is 2. The maximum atomic E-state index is 15.2. The minimum absolute atomic E-state index is 0.00722. The van der Waals surface area contributed by atoms with Crippen LogP contribution in [0.25, 0.3) is 11.1 Å². The fraction of sp³-hybridized carbons (Fsp3) is 0.500. The number of esters is 1. The van der Waals surface area contributed by atoms with E-state index in [9.17, 15) is 18.4 Å². The molecule has 0 N–H and O–H groups in total. The molecule has 2 aromatic rings. The predicted molar refractivity (Wildman–Crippen MR) is 131 cm³/mol. The number of benzene rings is 2. The van der Waals surface area contributed by atoms with Crippen molar-refractivity contribution in [2.24, 2.45) is 0 Å². The standard InChI is InChI=1S/C28H31F3N2O4/c1-15-18-6-5-9-37-26(18)23(29)10-19(15)25-17(3)22-13-33(27(35)32-8-7-28(30,31)14-32)12-21(22)16(2)20(25)11-24(34)36-4/h10H,5-9,11-14H2,1-4H3. The maximum absolute atomic E-state index is 15.2. The van der Waals surface area contributed by atoms with Gasteiger partial charge >= 0.3 is 12.0 Å². The van der Waals surface area contributed by atoms with E-state index in [-0.39, 0.29) is 38.2 Å². The number of carbonyl (C=O) groups excluding carboxylic acids is 2. The molecule has 6 nitrogen and oxygen atoms in total. The zero-order valence-corrected chi connectivity index (χ0v) is 21.6. The molecule has 0 unspecified atom stereocenters. The van der Waals surface area contributed by atoms with Crippen LogP contribution in [0.15, 0.2) is 6.07 Å². The van der Waals surface area contributed by atoms with Gasteiger partial charge in [0, 0.05) is 31.6 Å². The Hall–Kier alpha value is -3.23. The number of hydrogen-bond donors (Lipinski definition) is 0. The Kier molecular flexibility index (Phi) is 6.36. The molecule has 0 radical (unpaired) electrons. The molecule has 0 spiro atoms. The fourth-order valence-electron chi connectivity index (χ4n) is 6.02. The summed E-state index contributed by atoms with van der Waals surface area (Å²) in [5.41, 5.74) is 7.39. The van der Waals surface area contributed by atoms with E-state index in [1.807, 2.05) is 20.8 Å². The fourth-order valence-corrected chi connectivity index (χ4v) is 6.02. The number of methoxy groups -OCH3 is 1. The van der Waals surface area contributed by atoms with Gasteiger partial charge < -0.3 is 19.3 Å². The van der Waals surface area contributed by atoms with E-state index in [1.165, 1.54) is 18.1 Å². The molecule has 2 amide bonds. The Morgan fingerprint density at radius 3 is 2.41 bits per heavy atom. The third kappa shape index (κ3) is 4.32. The summed E-state index contributed by atoms with van der Waals surface area (Å²) >= 11 is 0. The van der Waals surface area contributed by atoms with Gasteiger partial charge in [-0.25, -0.2) is 18.0 Å². The van der Waals surface area contributed by atoms with Crippen molar-refractivity contribution >= 4 is 12.0 Å². The number of carbonyl (C=O) groups is 2. The van der Waals surface area contributed by atoms with Crippen LogP contribution in [0.1, 0.15) is 51.8 Å². The number of ether oxygens (including phenoxy) is 2.